The van der Waals surface area contributed by atoms with E-state index in [4.69, 9.17) is 4.74 Å². The highest BCUT2D eigenvalue weighted by atomic mass is 79.9. The Morgan fingerprint density at radius 1 is 1.18 bits per heavy atom. The zero-order valence-corrected chi connectivity index (χ0v) is 21.3. The molecule has 2 aromatic carbocycles. The minimum absolute atomic E-state index is 0.0982. The summed E-state index contributed by atoms with van der Waals surface area (Å²) in [5.41, 5.74) is 3.02. The Kier molecular flexibility index (Phi) is 8.00. The molecule has 3 aromatic rings. The van der Waals surface area contributed by atoms with Crippen LogP contribution in [0.2, 0.25) is 0 Å². The summed E-state index contributed by atoms with van der Waals surface area (Å²) in [5, 5.41) is 2.96. The summed E-state index contributed by atoms with van der Waals surface area (Å²) < 4.78 is 8.07. The van der Waals surface area contributed by atoms with Crippen LogP contribution >= 0.6 is 15.9 Å². The van der Waals surface area contributed by atoms with Crippen molar-refractivity contribution in [3.63, 3.8) is 0 Å². The minimum Gasteiger partial charge on any atom is -0.385 e. The number of hydrogen-bond donors (Lipinski definition) is 1. The molecular formula is C26H31BrN4O3. The molecule has 4 rings (SSSR count). The lowest BCUT2D eigenvalue weighted by atomic mass is 9.88. The van der Waals surface area contributed by atoms with E-state index in [1.807, 2.05) is 41.9 Å². The van der Waals surface area contributed by atoms with Crippen molar-refractivity contribution < 1.29 is 14.3 Å². The van der Waals surface area contributed by atoms with Crippen molar-refractivity contribution >= 4 is 50.4 Å². The van der Waals surface area contributed by atoms with Crippen molar-refractivity contribution in [2.24, 2.45) is 5.92 Å². The molecule has 0 bridgehead atoms. The Labute approximate surface area is 208 Å². The van der Waals surface area contributed by atoms with E-state index in [0.717, 1.165) is 53.3 Å². The lowest BCUT2D eigenvalue weighted by Crippen LogP contribution is -2.33. The lowest BCUT2D eigenvalue weighted by Gasteiger charge is -2.26. The molecule has 0 saturated heterocycles. The molecule has 0 radical (unpaired) electrons. The third-order valence-corrected chi connectivity index (χ3v) is 6.94. The number of nitrogens with zero attached hydrogens (tertiary/aromatic N) is 3. The predicted molar refractivity (Wildman–Crippen MR) is 138 cm³/mol. The Bertz CT molecular complexity index is 1170. The monoisotopic (exact) mass is 526 g/mol. The molecule has 2 amide bonds. The van der Waals surface area contributed by atoms with E-state index in [9.17, 15) is 9.59 Å². The minimum atomic E-state index is -0.227. The predicted octanol–water partition coefficient (Wildman–Crippen LogP) is 5.63. The smallest absolute Gasteiger partial charge is 0.258 e. The molecule has 1 aromatic heterocycles. The quantitative estimate of drug-likeness (QED) is 0.386. The molecule has 8 heteroatoms. The van der Waals surface area contributed by atoms with Gasteiger partial charge in [-0.25, -0.2) is 4.98 Å². The van der Waals surface area contributed by atoms with Gasteiger partial charge < -0.3 is 14.2 Å². The van der Waals surface area contributed by atoms with Crippen LogP contribution < -0.4 is 10.2 Å². The number of imidazole rings is 1. The maximum absolute atomic E-state index is 13.1. The Morgan fingerprint density at radius 2 is 1.97 bits per heavy atom. The van der Waals surface area contributed by atoms with Crippen LogP contribution in [0.3, 0.4) is 0 Å². The van der Waals surface area contributed by atoms with Gasteiger partial charge in [-0.3, -0.25) is 14.9 Å². The van der Waals surface area contributed by atoms with E-state index in [-0.39, 0.29) is 17.7 Å². The summed E-state index contributed by atoms with van der Waals surface area (Å²) in [6.07, 6.45) is 6.16. The maximum atomic E-state index is 13.1. The summed E-state index contributed by atoms with van der Waals surface area (Å²) >= 11 is 3.42. The average Bonchev–Trinajstić information content (AvgIpc) is 3.20. The zero-order chi connectivity index (χ0) is 24.1. The first-order valence-corrected chi connectivity index (χ1v) is 12.6. The summed E-state index contributed by atoms with van der Waals surface area (Å²) in [6.45, 7) is 1.22. The molecular weight excluding hydrogens is 496 g/mol. The second kappa shape index (κ2) is 11.1. The number of halogens is 1. The van der Waals surface area contributed by atoms with Crippen molar-refractivity contribution in [1.82, 2.24) is 9.55 Å². The van der Waals surface area contributed by atoms with Gasteiger partial charge in [-0.15, -0.1) is 0 Å². The number of benzene rings is 2. The van der Waals surface area contributed by atoms with Gasteiger partial charge >= 0.3 is 0 Å². The highest BCUT2D eigenvalue weighted by Crippen LogP contribution is 2.30. The number of carbonyl (C=O) groups excluding carboxylic acids is 2. The van der Waals surface area contributed by atoms with Crippen LogP contribution in [0.4, 0.5) is 11.6 Å². The Balaban J connectivity index is 1.64. The van der Waals surface area contributed by atoms with Crippen LogP contribution in [0.25, 0.3) is 11.0 Å². The standard InChI is InChI=1S/C26H31BrN4O3/c1-30(25(33)18-8-4-3-5-9-18)21-12-13-22-23(17-21)31(14-7-15-34-2)26(28-22)29-24(32)19-10-6-11-20(27)16-19/h6,10-13,16-18H,3-5,7-9,14-15H2,1-2H3,(H,28,29,32). The number of nitrogens with one attached hydrogen (secondary N) is 1. The van der Waals surface area contributed by atoms with Crippen molar-refractivity contribution in [1.29, 1.82) is 0 Å². The number of methoxy groups -OCH3 is 1. The number of amides is 2. The maximum Gasteiger partial charge on any atom is 0.258 e. The molecule has 7 nitrogen and oxygen atoms in total. The largest absolute Gasteiger partial charge is 0.385 e. The second-order valence-electron chi connectivity index (χ2n) is 8.80. The van der Waals surface area contributed by atoms with Crippen molar-refractivity contribution in [2.45, 2.75) is 45.1 Å². The fourth-order valence-corrected chi connectivity index (χ4v) is 4.96. The lowest BCUT2D eigenvalue weighted by molar-refractivity contribution is -0.123. The van der Waals surface area contributed by atoms with Gasteiger partial charge in [0.2, 0.25) is 11.9 Å². The number of aromatic nitrogens is 2. The van der Waals surface area contributed by atoms with Crippen molar-refractivity contribution in [3.05, 3.63) is 52.5 Å². The normalized spacial score (nSPS) is 14.3. The molecule has 34 heavy (non-hydrogen) atoms. The van der Waals surface area contributed by atoms with Gasteiger partial charge in [0.05, 0.1) is 11.0 Å². The molecule has 1 heterocycles. The number of aryl methyl sites for hydroxylation is 1. The molecule has 1 N–H and O–H groups in total. The average molecular weight is 527 g/mol. The van der Waals surface area contributed by atoms with E-state index in [2.05, 4.69) is 26.2 Å². The molecule has 0 atom stereocenters. The van der Waals surface area contributed by atoms with Crippen LogP contribution in [0.15, 0.2) is 46.9 Å². The van der Waals surface area contributed by atoms with Gasteiger partial charge in [0.1, 0.15) is 0 Å². The van der Waals surface area contributed by atoms with E-state index in [1.165, 1.54) is 6.42 Å². The first kappa shape index (κ1) is 24.4. The molecule has 0 aliphatic heterocycles. The highest BCUT2D eigenvalue weighted by molar-refractivity contribution is 9.10. The first-order chi connectivity index (χ1) is 16.5. The topological polar surface area (TPSA) is 76.5 Å². The number of anilines is 2. The highest BCUT2D eigenvalue weighted by Gasteiger charge is 2.25. The second-order valence-corrected chi connectivity index (χ2v) is 9.72. The van der Waals surface area contributed by atoms with Gasteiger partial charge in [0.15, 0.2) is 0 Å². The van der Waals surface area contributed by atoms with Crippen LogP contribution in [0, 0.1) is 5.92 Å². The number of rotatable bonds is 8. The Morgan fingerprint density at radius 3 is 2.71 bits per heavy atom. The molecule has 1 aliphatic rings. The van der Waals surface area contributed by atoms with Gasteiger partial charge in [-0.1, -0.05) is 41.3 Å². The third kappa shape index (κ3) is 5.50. The van der Waals surface area contributed by atoms with Crippen LogP contribution in [0.5, 0.6) is 0 Å². The van der Waals surface area contributed by atoms with Crippen LogP contribution in [0.1, 0.15) is 48.9 Å². The van der Waals surface area contributed by atoms with Gasteiger partial charge in [-0.2, -0.15) is 0 Å². The van der Waals surface area contributed by atoms with Gasteiger partial charge in [-0.05, 0) is 55.7 Å². The molecule has 180 valence electrons. The summed E-state index contributed by atoms with van der Waals surface area (Å²) in [5.74, 6) is 0.526. The van der Waals surface area contributed by atoms with Crippen molar-refractivity contribution in [2.75, 3.05) is 31.0 Å². The number of hydrogen-bond acceptors (Lipinski definition) is 4. The van der Waals surface area contributed by atoms with E-state index < -0.39 is 0 Å². The van der Waals surface area contributed by atoms with Crippen LogP contribution in [-0.2, 0) is 16.1 Å². The van der Waals surface area contributed by atoms with Gasteiger partial charge in [0.25, 0.3) is 5.91 Å². The summed E-state index contributed by atoms with van der Waals surface area (Å²) in [7, 11) is 3.52. The SMILES string of the molecule is COCCCn1c(NC(=O)c2cccc(Br)c2)nc2ccc(N(C)C(=O)C3CCCCC3)cc21. The number of carbonyl (C=O) groups is 2. The third-order valence-electron chi connectivity index (χ3n) is 6.45. The number of fused-ring (bicyclic) bond motifs is 1. The number of ether oxygens (including phenoxy) is 1. The molecule has 0 unspecified atom stereocenters. The fourth-order valence-electron chi connectivity index (χ4n) is 4.56. The van der Waals surface area contributed by atoms with E-state index >= 15 is 0 Å². The fraction of sp³-hybridized carbons (Fsp3) is 0.423. The summed E-state index contributed by atoms with van der Waals surface area (Å²) in [6, 6.07) is 13.1. The Hall–Kier alpha value is -2.71. The van der Waals surface area contributed by atoms with E-state index in [1.54, 1.807) is 24.1 Å². The van der Waals surface area contributed by atoms with Gasteiger partial charge in [0, 0.05) is 49.0 Å². The van der Waals surface area contributed by atoms with E-state index in [0.29, 0.717) is 24.7 Å². The van der Waals surface area contributed by atoms with Crippen LogP contribution in [-0.4, -0.2) is 42.1 Å². The zero-order valence-electron chi connectivity index (χ0n) is 19.7. The first-order valence-electron chi connectivity index (χ1n) is 11.8. The molecule has 1 saturated carbocycles. The summed E-state index contributed by atoms with van der Waals surface area (Å²) in [4.78, 5) is 32.4. The molecule has 1 aliphatic carbocycles. The van der Waals surface area contributed by atoms with Crippen molar-refractivity contribution in [3.8, 4) is 0 Å². The molecule has 0 spiro atoms. The molecule has 1 fully saturated rings.